The van der Waals surface area contributed by atoms with Gasteiger partial charge in [-0.05, 0) is 37.1 Å². The number of nitrogens with zero attached hydrogens (tertiary/aromatic N) is 5. The van der Waals surface area contributed by atoms with E-state index in [4.69, 9.17) is 16.9 Å². The molecule has 0 unspecified atom stereocenters. The number of terminal acetylenes is 1. The predicted molar refractivity (Wildman–Crippen MR) is 124 cm³/mol. The van der Waals surface area contributed by atoms with Crippen LogP contribution in [0.2, 0.25) is 0 Å². The number of hydrogen-bond acceptors (Lipinski definition) is 8. The summed E-state index contributed by atoms with van der Waals surface area (Å²) in [5.74, 6) is 0.383. The zero-order chi connectivity index (χ0) is 24.1. The third kappa shape index (κ3) is 3.51. The molecule has 5 rings (SSSR count). The molecule has 1 saturated carbocycles. The topological polar surface area (TPSA) is 110 Å². The van der Waals surface area contributed by atoms with Crippen LogP contribution in [-0.2, 0) is 12.0 Å². The maximum absolute atomic E-state index is 15.1. The summed E-state index contributed by atoms with van der Waals surface area (Å²) in [6, 6.07) is 6.66. The van der Waals surface area contributed by atoms with Gasteiger partial charge in [0.1, 0.15) is 10.3 Å². The van der Waals surface area contributed by atoms with Crippen molar-refractivity contribution in [3.8, 4) is 24.3 Å². The summed E-state index contributed by atoms with van der Waals surface area (Å²) in [7, 11) is 0. The number of thioether (sulfide) groups is 1. The van der Waals surface area contributed by atoms with Crippen LogP contribution in [0, 0.1) is 41.2 Å². The Morgan fingerprint density at radius 2 is 2.18 bits per heavy atom. The minimum atomic E-state index is -1.15. The summed E-state index contributed by atoms with van der Waals surface area (Å²) in [6.45, 7) is 1.76. The zero-order valence-corrected chi connectivity index (χ0v) is 18.9. The second kappa shape index (κ2) is 7.93. The standard InChI is InChI=1S/C24H18F2N6OS/c1-3-6-33-19-11-30-21-16(31-19)4-5-29-17(21)9-13-7-14(20(26)15(25)8-13)23(2)18-10-24(18,12-27)34-22(28)32-23/h1,4-5,7-8,11,18H,6,9-10H2,2H3,(H2,28,32)/t18-,23+,24+/m0/s1. The molecule has 2 aliphatic rings. The van der Waals surface area contributed by atoms with Crippen molar-refractivity contribution in [2.75, 3.05) is 6.61 Å². The molecule has 0 saturated heterocycles. The van der Waals surface area contributed by atoms with E-state index in [-0.39, 0.29) is 35.6 Å². The number of nitriles is 1. The van der Waals surface area contributed by atoms with E-state index in [1.54, 1.807) is 25.3 Å². The summed E-state index contributed by atoms with van der Waals surface area (Å²) >= 11 is 1.19. The van der Waals surface area contributed by atoms with Gasteiger partial charge in [0.15, 0.2) is 23.4 Å². The van der Waals surface area contributed by atoms with Crippen molar-refractivity contribution in [2.24, 2.45) is 16.6 Å². The number of fused-ring (bicyclic) bond motifs is 2. The van der Waals surface area contributed by atoms with Crippen LogP contribution in [0.5, 0.6) is 5.88 Å². The quantitative estimate of drug-likeness (QED) is 0.562. The molecule has 3 aromatic rings. The first-order chi connectivity index (χ1) is 16.3. The third-order valence-corrected chi connectivity index (χ3v) is 7.44. The van der Waals surface area contributed by atoms with E-state index in [1.165, 1.54) is 18.0 Å². The summed E-state index contributed by atoms with van der Waals surface area (Å²) < 4.78 is 34.4. The van der Waals surface area contributed by atoms with E-state index in [1.807, 2.05) is 0 Å². The van der Waals surface area contributed by atoms with Gasteiger partial charge in [0, 0.05) is 24.1 Å². The fraction of sp³-hybridized carbons (Fsp3) is 0.292. The van der Waals surface area contributed by atoms with Crippen LogP contribution in [0.25, 0.3) is 11.0 Å². The highest BCUT2D eigenvalue weighted by atomic mass is 32.2. The van der Waals surface area contributed by atoms with Gasteiger partial charge < -0.3 is 10.5 Å². The van der Waals surface area contributed by atoms with Crippen molar-refractivity contribution in [1.82, 2.24) is 15.0 Å². The first-order valence-electron chi connectivity index (χ1n) is 10.4. The van der Waals surface area contributed by atoms with Gasteiger partial charge in [-0.25, -0.2) is 18.7 Å². The van der Waals surface area contributed by atoms with Crippen molar-refractivity contribution in [2.45, 2.75) is 30.1 Å². The van der Waals surface area contributed by atoms with Crippen LogP contribution < -0.4 is 10.5 Å². The SMILES string of the molecule is C#CCOc1cnc2c(Cc3cc(F)c(F)c([C@@]4(C)N=C(N)S[C@@]5(C#N)C[C@H]54)c3)nccc2n1. The highest BCUT2D eigenvalue weighted by molar-refractivity contribution is 8.15. The smallest absolute Gasteiger partial charge is 0.233 e. The zero-order valence-electron chi connectivity index (χ0n) is 18.0. The maximum Gasteiger partial charge on any atom is 0.233 e. The number of pyridine rings is 1. The number of halogens is 2. The molecule has 170 valence electrons. The van der Waals surface area contributed by atoms with E-state index >= 15 is 4.39 Å². The van der Waals surface area contributed by atoms with Crippen molar-refractivity contribution in [3.63, 3.8) is 0 Å². The molecule has 1 aliphatic carbocycles. The number of aromatic nitrogens is 3. The molecule has 3 heterocycles. The Bertz CT molecular complexity index is 1450. The molecule has 7 nitrogen and oxygen atoms in total. The van der Waals surface area contributed by atoms with Crippen molar-refractivity contribution in [1.29, 1.82) is 5.26 Å². The van der Waals surface area contributed by atoms with Gasteiger partial charge in [0.25, 0.3) is 0 Å². The predicted octanol–water partition coefficient (Wildman–Crippen LogP) is 3.46. The highest BCUT2D eigenvalue weighted by Crippen LogP contribution is 2.65. The van der Waals surface area contributed by atoms with Gasteiger partial charge in [-0.3, -0.25) is 9.98 Å². The Kier molecular flexibility index (Phi) is 5.14. The lowest BCUT2D eigenvalue weighted by Gasteiger charge is -2.32. The first kappa shape index (κ1) is 22.1. The van der Waals surface area contributed by atoms with Gasteiger partial charge in [-0.1, -0.05) is 17.7 Å². The normalized spacial score (nSPS) is 25.1. The van der Waals surface area contributed by atoms with Crippen LogP contribution >= 0.6 is 11.8 Å². The molecule has 34 heavy (non-hydrogen) atoms. The van der Waals surface area contributed by atoms with Crippen LogP contribution in [0.15, 0.2) is 35.6 Å². The Balaban J connectivity index is 1.54. The fourth-order valence-electron chi connectivity index (χ4n) is 4.53. The highest BCUT2D eigenvalue weighted by Gasteiger charge is 2.67. The molecule has 3 atom stereocenters. The lowest BCUT2D eigenvalue weighted by atomic mass is 9.84. The molecule has 2 N–H and O–H groups in total. The first-order valence-corrected chi connectivity index (χ1v) is 11.2. The van der Waals surface area contributed by atoms with Gasteiger partial charge in [0.05, 0.1) is 29.0 Å². The average molecular weight is 477 g/mol. The molecule has 0 bridgehead atoms. The van der Waals surface area contributed by atoms with Crippen LogP contribution in [-0.4, -0.2) is 31.5 Å². The van der Waals surface area contributed by atoms with E-state index in [0.717, 1.165) is 6.07 Å². The molecule has 1 aliphatic heterocycles. The molecule has 10 heteroatoms. The Morgan fingerprint density at radius 3 is 2.94 bits per heavy atom. The summed E-state index contributed by atoms with van der Waals surface area (Å²) in [5, 5.41) is 9.83. The molecule has 2 aromatic heterocycles. The van der Waals surface area contributed by atoms with Crippen molar-refractivity contribution in [3.05, 3.63) is 59.0 Å². The van der Waals surface area contributed by atoms with E-state index in [0.29, 0.717) is 28.7 Å². The number of nitrogens with two attached hydrogens (primary N) is 1. The van der Waals surface area contributed by atoms with E-state index in [2.05, 4.69) is 31.9 Å². The molecule has 0 spiro atoms. The number of benzene rings is 1. The second-order valence-electron chi connectivity index (χ2n) is 8.40. The molecule has 0 amide bonds. The van der Waals surface area contributed by atoms with Gasteiger partial charge in [0.2, 0.25) is 5.88 Å². The van der Waals surface area contributed by atoms with Crippen LogP contribution in [0.1, 0.15) is 30.2 Å². The second-order valence-corrected chi connectivity index (χ2v) is 9.75. The fourth-order valence-corrected chi connectivity index (χ4v) is 5.80. The molecule has 0 radical (unpaired) electrons. The van der Waals surface area contributed by atoms with E-state index in [9.17, 15) is 9.65 Å². The van der Waals surface area contributed by atoms with Crippen molar-refractivity contribution >= 4 is 28.0 Å². The van der Waals surface area contributed by atoms with Gasteiger partial charge >= 0.3 is 0 Å². The number of aliphatic imine (C=N–C) groups is 1. The number of amidine groups is 1. The Morgan fingerprint density at radius 1 is 1.35 bits per heavy atom. The Labute approximate surface area is 198 Å². The average Bonchev–Trinajstić information content (AvgIpc) is 3.56. The number of hydrogen-bond donors (Lipinski definition) is 1. The summed E-state index contributed by atoms with van der Waals surface area (Å²) in [4.78, 5) is 17.6. The minimum Gasteiger partial charge on any atom is -0.463 e. The molecular formula is C24H18F2N6OS. The largest absolute Gasteiger partial charge is 0.463 e. The minimum absolute atomic E-state index is 0.0636. The molecule has 1 aromatic carbocycles. The van der Waals surface area contributed by atoms with Crippen molar-refractivity contribution < 1.29 is 13.5 Å². The lowest BCUT2D eigenvalue weighted by molar-refractivity contribution is 0.355. The maximum atomic E-state index is 15.1. The monoisotopic (exact) mass is 476 g/mol. The number of rotatable bonds is 5. The van der Waals surface area contributed by atoms with Gasteiger partial charge in [-0.2, -0.15) is 5.26 Å². The number of ether oxygens (including phenoxy) is 1. The lowest BCUT2D eigenvalue weighted by Crippen LogP contribution is -2.35. The van der Waals surface area contributed by atoms with E-state index < -0.39 is 21.9 Å². The van der Waals surface area contributed by atoms with Crippen LogP contribution in [0.3, 0.4) is 0 Å². The summed E-state index contributed by atoms with van der Waals surface area (Å²) in [6.07, 6.45) is 8.90. The van der Waals surface area contributed by atoms with Gasteiger partial charge in [-0.15, -0.1) is 6.42 Å². The van der Waals surface area contributed by atoms with Crippen LogP contribution in [0.4, 0.5) is 8.78 Å². The summed E-state index contributed by atoms with van der Waals surface area (Å²) in [5.41, 5.74) is 6.97. The third-order valence-electron chi connectivity index (χ3n) is 6.23. The Hall–Kier alpha value is -3.76. The molecular weight excluding hydrogens is 458 g/mol. The molecule has 1 fully saturated rings.